The molecule has 0 saturated heterocycles. The van der Waals surface area contributed by atoms with Crippen molar-refractivity contribution >= 4 is 21.6 Å². The SMILES string of the molecule is COc1cc(-c2cc(F)cc(C(C)C)c2CC(=O)NS(=O)(=O)c2c(C)cc(N(C)C)cc2C)ccn1. The van der Waals surface area contributed by atoms with Crippen molar-refractivity contribution in [3.63, 3.8) is 0 Å². The summed E-state index contributed by atoms with van der Waals surface area (Å²) in [5.41, 5.74) is 4.19. The standard InChI is InChI=1S/C27H32FN3O4S/c1-16(2)22-13-20(28)14-23(19-8-9-29-26(12-19)35-7)24(22)15-25(32)30-36(33,34)27-17(3)10-21(31(5)6)11-18(27)4/h8-14,16H,15H2,1-7H3,(H,30,32). The zero-order valence-electron chi connectivity index (χ0n) is 21.6. The number of pyridine rings is 1. The Hall–Kier alpha value is -3.46. The van der Waals surface area contributed by atoms with Crippen molar-refractivity contribution in [2.45, 2.75) is 44.9 Å². The summed E-state index contributed by atoms with van der Waals surface area (Å²) in [5.74, 6) is -0.923. The van der Waals surface area contributed by atoms with E-state index in [1.54, 1.807) is 38.1 Å². The van der Waals surface area contributed by atoms with Gasteiger partial charge in [-0.1, -0.05) is 13.8 Å². The molecule has 7 nitrogen and oxygen atoms in total. The van der Waals surface area contributed by atoms with E-state index >= 15 is 0 Å². The van der Waals surface area contributed by atoms with Gasteiger partial charge >= 0.3 is 0 Å². The van der Waals surface area contributed by atoms with Crippen LogP contribution in [0.1, 0.15) is 42.0 Å². The van der Waals surface area contributed by atoms with E-state index in [2.05, 4.69) is 9.71 Å². The van der Waals surface area contributed by atoms with E-state index in [0.717, 1.165) is 5.69 Å². The zero-order valence-corrected chi connectivity index (χ0v) is 22.5. The molecule has 1 N–H and O–H groups in total. The normalized spacial score (nSPS) is 11.5. The van der Waals surface area contributed by atoms with Gasteiger partial charge in [0.1, 0.15) is 5.82 Å². The lowest BCUT2D eigenvalue weighted by atomic mass is 9.88. The number of benzene rings is 2. The Kier molecular flexibility index (Phi) is 8.03. The highest BCUT2D eigenvalue weighted by atomic mass is 32.2. The second kappa shape index (κ2) is 10.7. The molecule has 36 heavy (non-hydrogen) atoms. The molecule has 0 radical (unpaired) electrons. The van der Waals surface area contributed by atoms with Crippen LogP contribution in [-0.2, 0) is 21.2 Å². The maximum absolute atomic E-state index is 14.6. The van der Waals surface area contributed by atoms with Gasteiger partial charge in [0.25, 0.3) is 10.0 Å². The molecule has 0 aliphatic rings. The number of methoxy groups -OCH3 is 1. The third-order valence-corrected chi connectivity index (χ3v) is 7.62. The number of ether oxygens (including phenoxy) is 1. The Balaban J connectivity index is 2.02. The molecule has 9 heteroatoms. The lowest BCUT2D eigenvalue weighted by molar-refractivity contribution is -0.118. The minimum atomic E-state index is -4.13. The fourth-order valence-electron chi connectivity index (χ4n) is 4.32. The third kappa shape index (κ3) is 5.84. The summed E-state index contributed by atoms with van der Waals surface area (Å²) < 4.78 is 48.5. The minimum absolute atomic E-state index is 0.0729. The minimum Gasteiger partial charge on any atom is -0.481 e. The summed E-state index contributed by atoms with van der Waals surface area (Å²) in [6, 6.07) is 9.59. The van der Waals surface area contributed by atoms with Gasteiger partial charge in [0, 0.05) is 32.0 Å². The van der Waals surface area contributed by atoms with Gasteiger partial charge in [-0.2, -0.15) is 0 Å². The lowest BCUT2D eigenvalue weighted by Crippen LogP contribution is -2.33. The molecule has 3 aromatic rings. The number of rotatable bonds is 8. The van der Waals surface area contributed by atoms with E-state index in [9.17, 15) is 17.6 Å². The van der Waals surface area contributed by atoms with Crippen LogP contribution < -0.4 is 14.4 Å². The monoisotopic (exact) mass is 513 g/mol. The molecule has 1 amide bonds. The van der Waals surface area contributed by atoms with Crippen molar-refractivity contribution in [2.24, 2.45) is 0 Å². The molecule has 0 bridgehead atoms. The maximum atomic E-state index is 14.6. The van der Waals surface area contributed by atoms with Gasteiger partial charge in [0.15, 0.2) is 0 Å². The van der Waals surface area contributed by atoms with Crippen molar-refractivity contribution < 1.29 is 22.3 Å². The second-order valence-corrected chi connectivity index (χ2v) is 10.9. The first-order valence-corrected chi connectivity index (χ1v) is 13.0. The third-order valence-electron chi connectivity index (χ3n) is 5.94. The van der Waals surface area contributed by atoms with Crippen molar-refractivity contribution in [3.05, 3.63) is 70.7 Å². The molecule has 192 valence electrons. The van der Waals surface area contributed by atoms with Crippen LogP contribution in [0, 0.1) is 19.7 Å². The number of carbonyl (C=O) groups excluding carboxylic acids is 1. The van der Waals surface area contributed by atoms with Crippen LogP contribution in [0.3, 0.4) is 0 Å². The number of hydrogen-bond acceptors (Lipinski definition) is 6. The first-order chi connectivity index (χ1) is 16.8. The van der Waals surface area contributed by atoms with Crippen LogP contribution in [-0.4, -0.2) is 40.5 Å². The fraction of sp³-hybridized carbons (Fsp3) is 0.333. The highest BCUT2D eigenvalue weighted by Crippen LogP contribution is 2.33. The topological polar surface area (TPSA) is 88.6 Å². The average Bonchev–Trinajstić information content (AvgIpc) is 2.78. The lowest BCUT2D eigenvalue weighted by Gasteiger charge is -2.20. The van der Waals surface area contributed by atoms with E-state index in [4.69, 9.17) is 4.74 Å². The number of carbonyl (C=O) groups is 1. The van der Waals surface area contributed by atoms with E-state index in [-0.39, 0.29) is 17.2 Å². The summed E-state index contributed by atoms with van der Waals surface area (Å²) in [6.45, 7) is 7.18. The predicted molar refractivity (Wildman–Crippen MR) is 140 cm³/mol. The fourth-order valence-corrected chi connectivity index (χ4v) is 5.76. The number of aryl methyl sites for hydroxylation is 2. The molecule has 3 rings (SSSR count). The number of sulfonamides is 1. The van der Waals surface area contributed by atoms with Crippen molar-refractivity contribution in [2.75, 3.05) is 26.1 Å². The Morgan fingerprint density at radius 3 is 2.31 bits per heavy atom. The molecule has 1 aromatic heterocycles. The smallest absolute Gasteiger partial charge is 0.264 e. The number of hydrogen-bond donors (Lipinski definition) is 1. The van der Waals surface area contributed by atoms with Crippen LogP contribution in [0.4, 0.5) is 10.1 Å². The second-order valence-electron chi connectivity index (χ2n) is 9.27. The first kappa shape index (κ1) is 27.1. The summed E-state index contributed by atoms with van der Waals surface area (Å²) in [5, 5.41) is 0. The first-order valence-electron chi connectivity index (χ1n) is 11.5. The van der Waals surface area contributed by atoms with Crippen LogP contribution in [0.15, 0.2) is 47.5 Å². The van der Waals surface area contributed by atoms with Gasteiger partial charge < -0.3 is 9.64 Å². The Morgan fingerprint density at radius 1 is 1.11 bits per heavy atom. The van der Waals surface area contributed by atoms with Gasteiger partial charge in [-0.15, -0.1) is 0 Å². The molecular formula is C27H32FN3O4S. The predicted octanol–water partition coefficient (Wildman–Crippen LogP) is 4.75. The molecule has 0 saturated carbocycles. The quantitative estimate of drug-likeness (QED) is 0.468. The molecule has 1 heterocycles. The number of nitrogens with zero attached hydrogens (tertiary/aromatic N) is 2. The molecule has 0 unspecified atom stereocenters. The highest BCUT2D eigenvalue weighted by Gasteiger charge is 2.25. The molecule has 0 aliphatic heterocycles. The van der Waals surface area contributed by atoms with Gasteiger partial charge in [-0.25, -0.2) is 22.5 Å². The van der Waals surface area contributed by atoms with Crippen LogP contribution in [0.5, 0.6) is 5.88 Å². The van der Waals surface area contributed by atoms with Crippen molar-refractivity contribution in [1.82, 2.24) is 9.71 Å². The van der Waals surface area contributed by atoms with Crippen LogP contribution in [0.25, 0.3) is 11.1 Å². The highest BCUT2D eigenvalue weighted by molar-refractivity contribution is 7.90. The summed E-state index contributed by atoms with van der Waals surface area (Å²) in [7, 11) is 1.08. The number of aromatic nitrogens is 1. The van der Waals surface area contributed by atoms with Gasteiger partial charge in [-0.05, 0) is 83.5 Å². The molecule has 0 aliphatic carbocycles. The molecule has 0 spiro atoms. The number of amides is 1. The molecule has 2 aromatic carbocycles. The molecular weight excluding hydrogens is 481 g/mol. The maximum Gasteiger partial charge on any atom is 0.264 e. The van der Waals surface area contributed by atoms with Gasteiger partial charge in [0.05, 0.1) is 18.4 Å². The summed E-state index contributed by atoms with van der Waals surface area (Å²) in [6.07, 6.45) is 1.28. The summed E-state index contributed by atoms with van der Waals surface area (Å²) in [4.78, 5) is 19.2. The average molecular weight is 514 g/mol. The van der Waals surface area contributed by atoms with Crippen LogP contribution >= 0.6 is 0 Å². The Bertz CT molecular complexity index is 1380. The Morgan fingerprint density at radius 2 is 1.75 bits per heavy atom. The Labute approximate surface area is 212 Å². The van der Waals surface area contributed by atoms with E-state index < -0.39 is 21.7 Å². The largest absolute Gasteiger partial charge is 0.481 e. The van der Waals surface area contributed by atoms with Gasteiger partial charge in [0.2, 0.25) is 11.8 Å². The van der Waals surface area contributed by atoms with E-state index in [0.29, 0.717) is 39.3 Å². The zero-order chi connectivity index (χ0) is 26.8. The van der Waals surface area contributed by atoms with E-state index in [1.165, 1.54) is 25.4 Å². The molecule has 0 fully saturated rings. The summed E-state index contributed by atoms with van der Waals surface area (Å²) >= 11 is 0. The van der Waals surface area contributed by atoms with Crippen molar-refractivity contribution in [1.29, 1.82) is 0 Å². The van der Waals surface area contributed by atoms with Gasteiger partial charge in [-0.3, -0.25) is 4.79 Å². The van der Waals surface area contributed by atoms with E-state index in [1.807, 2.05) is 32.8 Å². The molecule has 0 atom stereocenters. The van der Waals surface area contributed by atoms with Crippen LogP contribution in [0.2, 0.25) is 0 Å². The number of halogens is 1. The number of nitrogens with one attached hydrogen (secondary N) is 1. The number of anilines is 1. The van der Waals surface area contributed by atoms with Crippen molar-refractivity contribution in [3.8, 4) is 17.0 Å².